The van der Waals surface area contributed by atoms with Crippen LogP contribution in [0.5, 0.6) is 11.5 Å². The van der Waals surface area contributed by atoms with Gasteiger partial charge in [-0.05, 0) is 35.9 Å². The molecule has 2 aromatic heterocycles. The zero-order valence-electron chi connectivity index (χ0n) is 19.0. The lowest BCUT2D eigenvalue weighted by Crippen LogP contribution is -2.50. The van der Waals surface area contributed by atoms with E-state index in [-0.39, 0.29) is 43.6 Å². The van der Waals surface area contributed by atoms with Crippen LogP contribution in [0.25, 0.3) is 17.1 Å². The van der Waals surface area contributed by atoms with Gasteiger partial charge in [0.1, 0.15) is 10.5 Å². The summed E-state index contributed by atoms with van der Waals surface area (Å²) in [5, 5.41) is 0.537. The van der Waals surface area contributed by atoms with Crippen LogP contribution < -0.4 is 15.2 Å². The molecule has 0 saturated carbocycles. The summed E-state index contributed by atoms with van der Waals surface area (Å²) in [6.07, 6.45) is 6.10. The van der Waals surface area contributed by atoms with E-state index in [1.165, 1.54) is 23.7 Å². The number of hydrogen-bond donors (Lipinski definition) is 2. The standard InChI is InChI=1S/C23H25N5O6S/c1-33-19-13-16(4-6-18(19)34-15-21(24)29)5-7-22(30)27-9-11-28(12-10-27)35(31,32)20-14-26-23-17(20)3-2-8-25-23/h2-8,13-14H,9-12,15H2,1H3,(H2,24,29)(H,25,26). The number of carbonyl (C=O) groups is 2. The monoisotopic (exact) mass is 499 g/mol. The minimum absolute atomic E-state index is 0.178. The maximum Gasteiger partial charge on any atom is 0.255 e. The summed E-state index contributed by atoms with van der Waals surface area (Å²) in [5.41, 5.74) is 6.29. The van der Waals surface area contributed by atoms with Gasteiger partial charge in [-0.2, -0.15) is 4.31 Å². The van der Waals surface area contributed by atoms with E-state index in [9.17, 15) is 18.0 Å². The predicted octanol–water partition coefficient (Wildman–Crippen LogP) is 0.982. The third-order valence-corrected chi connectivity index (χ3v) is 7.50. The second kappa shape index (κ2) is 10.2. The highest BCUT2D eigenvalue weighted by molar-refractivity contribution is 7.89. The van der Waals surface area contributed by atoms with E-state index in [1.54, 1.807) is 47.5 Å². The number of sulfonamides is 1. The Morgan fingerprint density at radius 2 is 1.94 bits per heavy atom. The second-order valence-corrected chi connectivity index (χ2v) is 9.69. The Labute approximate surface area is 202 Å². The van der Waals surface area contributed by atoms with E-state index in [0.29, 0.717) is 28.1 Å². The number of hydrogen-bond acceptors (Lipinski definition) is 7. The maximum absolute atomic E-state index is 13.1. The summed E-state index contributed by atoms with van der Waals surface area (Å²) in [7, 11) is -2.26. The summed E-state index contributed by atoms with van der Waals surface area (Å²) < 4.78 is 38.2. The normalized spacial score (nSPS) is 14.9. The topological polar surface area (TPSA) is 148 Å². The van der Waals surface area contributed by atoms with Crippen molar-refractivity contribution in [3.63, 3.8) is 0 Å². The molecule has 3 aromatic rings. The molecule has 2 amide bonds. The van der Waals surface area contributed by atoms with Crippen molar-refractivity contribution < 1.29 is 27.5 Å². The Bertz CT molecular complexity index is 1380. The van der Waals surface area contributed by atoms with E-state index >= 15 is 0 Å². The lowest BCUT2D eigenvalue weighted by Gasteiger charge is -2.33. The number of pyridine rings is 1. The number of carbonyl (C=O) groups excluding carboxylic acids is 2. The number of aromatic amines is 1. The van der Waals surface area contributed by atoms with Crippen LogP contribution in [0.15, 0.2) is 53.7 Å². The van der Waals surface area contributed by atoms with Gasteiger partial charge in [0.2, 0.25) is 15.9 Å². The van der Waals surface area contributed by atoms with Gasteiger partial charge in [0.05, 0.1) is 7.11 Å². The zero-order chi connectivity index (χ0) is 25.0. The summed E-state index contributed by atoms with van der Waals surface area (Å²) in [6, 6.07) is 8.40. The molecule has 0 bridgehead atoms. The number of rotatable bonds is 8. The van der Waals surface area contributed by atoms with Gasteiger partial charge in [-0.1, -0.05) is 6.07 Å². The van der Waals surface area contributed by atoms with E-state index in [4.69, 9.17) is 15.2 Å². The molecule has 1 aliphatic rings. The van der Waals surface area contributed by atoms with Crippen LogP contribution in [-0.2, 0) is 19.6 Å². The van der Waals surface area contributed by atoms with Crippen LogP contribution in [-0.4, -0.2) is 79.3 Å². The number of fused-ring (bicyclic) bond motifs is 1. The van der Waals surface area contributed by atoms with Gasteiger partial charge < -0.3 is 25.1 Å². The predicted molar refractivity (Wildman–Crippen MR) is 128 cm³/mol. The molecule has 0 radical (unpaired) electrons. The number of amides is 2. The molecule has 1 fully saturated rings. The number of methoxy groups -OCH3 is 1. The molecule has 3 N–H and O–H groups in total. The van der Waals surface area contributed by atoms with Crippen molar-refractivity contribution in [1.29, 1.82) is 0 Å². The Balaban J connectivity index is 1.38. The van der Waals surface area contributed by atoms with Crippen LogP contribution >= 0.6 is 0 Å². The van der Waals surface area contributed by atoms with Crippen molar-refractivity contribution in [2.24, 2.45) is 5.73 Å². The number of benzene rings is 1. The van der Waals surface area contributed by atoms with E-state index in [0.717, 1.165) is 0 Å². The van der Waals surface area contributed by atoms with Gasteiger partial charge >= 0.3 is 0 Å². The molecule has 184 valence electrons. The first-order valence-electron chi connectivity index (χ1n) is 10.8. The van der Waals surface area contributed by atoms with Gasteiger partial charge in [-0.15, -0.1) is 0 Å². The largest absolute Gasteiger partial charge is 0.493 e. The molecule has 12 heteroatoms. The molecule has 1 saturated heterocycles. The minimum Gasteiger partial charge on any atom is -0.493 e. The first-order chi connectivity index (χ1) is 16.8. The van der Waals surface area contributed by atoms with E-state index in [1.807, 2.05) is 0 Å². The average molecular weight is 500 g/mol. The number of nitrogens with two attached hydrogens (primary N) is 1. The fraction of sp³-hybridized carbons (Fsp3) is 0.261. The highest BCUT2D eigenvalue weighted by Crippen LogP contribution is 2.29. The molecule has 0 aliphatic carbocycles. The van der Waals surface area contributed by atoms with Crippen molar-refractivity contribution in [3.8, 4) is 11.5 Å². The summed E-state index contributed by atoms with van der Waals surface area (Å²) >= 11 is 0. The molecule has 3 heterocycles. The number of nitrogens with zero attached hydrogens (tertiary/aromatic N) is 3. The molecule has 0 spiro atoms. The second-order valence-electron chi connectivity index (χ2n) is 7.78. The molecule has 0 atom stereocenters. The third-order valence-electron chi connectivity index (χ3n) is 5.56. The molecule has 1 aromatic carbocycles. The average Bonchev–Trinajstić information content (AvgIpc) is 3.31. The van der Waals surface area contributed by atoms with Crippen molar-refractivity contribution in [2.45, 2.75) is 4.90 Å². The molecule has 4 rings (SSSR count). The molecular formula is C23H25N5O6S. The van der Waals surface area contributed by atoms with Crippen molar-refractivity contribution in [1.82, 2.24) is 19.2 Å². The molecule has 0 unspecified atom stereocenters. The summed E-state index contributed by atoms with van der Waals surface area (Å²) in [5.74, 6) is -0.0791. The fourth-order valence-electron chi connectivity index (χ4n) is 3.76. The number of piperazine rings is 1. The third kappa shape index (κ3) is 5.28. The van der Waals surface area contributed by atoms with E-state index < -0.39 is 15.9 Å². The summed E-state index contributed by atoms with van der Waals surface area (Å²) in [4.78, 5) is 32.4. The number of ether oxygens (including phenoxy) is 2. The molecular weight excluding hydrogens is 474 g/mol. The number of H-pyrrole nitrogens is 1. The Kier molecular flexibility index (Phi) is 7.03. The Hall–Kier alpha value is -3.90. The Morgan fingerprint density at radius 3 is 2.66 bits per heavy atom. The zero-order valence-corrected chi connectivity index (χ0v) is 19.8. The lowest BCUT2D eigenvalue weighted by molar-refractivity contribution is -0.127. The first kappa shape index (κ1) is 24.2. The highest BCUT2D eigenvalue weighted by atomic mass is 32.2. The fourth-order valence-corrected chi connectivity index (χ4v) is 5.33. The lowest BCUT2D eigenvalue weighted by atomic mass is 10.2. The first-order valence-corrected chi connectivity index (χ1v) is 12.2. The highest BCUT2D eigenvalue weighted by Gasteiger charge is 2.31. The van der Waals surface area contributed by atoms with Crippen LogP contribution in [0, 0.1) is 0 Å². The minimum atomic E-state index is -3.72. The molecule has 1 aliphatic heterocycles. The van der Waals surface area contributed by atoms with Gasteiger partial charge in [0.15, 0.2) is 18.1 Å². The number of primary amides is 1. The SMILES string of the molecule is COc1cc(C=CC(=O)N2CCN(S(=O)(=O)c3c[nH]c4ncccc34)CC2)ccc1OCC(N)=O. The van der Waals surface area contributed by atoms with Gasteiger partial charge in [0.25, 0.3) is 5.91 Å². The van der Waals surface area contributed by atoms with Gasteiger partial charge in [0, 0.05) is 50.0 Å². The van der Waals surface area contributed by atoms with Crippen LogP contribution in [0.3, 0.4) is 0 Å². The smallest absolute Gasteiger partial charge is 0.255 e. The quantitative estimate of drug-likeness (QED) is 0.439. The Morgan fingerprint density at radius 1 is 1.17 bits per heavy atom. The molecule has 35 heavy (non-hydrogen) atoms. The van der Waals surface area contributed by atoms with Gasteiger partial charge in [-0.3, -0.25) is 9.59 Å². The van der Waals surface area contributed by atoms with Crippen LogP contribution in [0.4, 0.5) is 0 Å². The molecule has 11 nitrogen and oxygen atoms in total. The van der Waals surface area contributed by atoms with Crippen LogP contribution in [0.2, 0.25) is 0 Å². The van der Waals surface area contributed by atoms with Crippen molar-refractivity contribution >= 4 is 38.9 Å². The number of aromatic nitrogens is 2. The maximum atomic E-state index is 13.1. The van der Waals surface area contributed by atoms with Gasteiger partial charge in [-0.25, -0.2) is 13.4 Å². The summed E-state index contributed by atoms with van der Waals surface area (Å²) in [6.45, 7) is 0.643. The van der Waals surface area contributed by atoms with E-state index in [2.05, 4.69) is 9.97 Å². The van der Waals surface area contributed by atoms with Crippen molar-refractivity contribution in [2.75, 3.05) is 39.9 Å². The number of nitrogens with one attached hydrogen (secondary N) is 1. The van der Waals surface area contributed by atoms with Crippen LogP contribution in [0.1, 0.15) is 5.56 Å². The van der Waals surface area contributed by atoms with Crippen molar-refractivity contribution in [3.05, 3.63) is 54.4 Å².